The first-order valence-electron chi connectivity index (χ1n) is 8.29. The van der Waals surface area contributed by atoms with E-state index in [1.165, 1.54) is 11.3 Å². The van der Waals surface area contributed by atoms with E-state index in [1.54, 1.807) is 0 Å². The molecule has 2 aliphatic heterocycles. The smallest absolute Gasteiger partial charge is 0.273 e. The second kappa shape index (κ2) is 6.63. The lowest BCUT2D eigenvalue weighted by molar-refractivity contribution is 0.0430. The Bertz CT molecular complexity index is 718. The SMILES string of the molecule is CN1C[C@H]2COC[C@@H]1CN(C(=O)c1csc(-c3ccccc3)n1)C2. The molecule has 1 aromatic heterocycles. The molecule has 2 aromatic rings. The van der Waals surface area contributed by atoms with Gasteiger partial charge in [0.05, 0.1) is 19.3 Å². The number of hydrogen-bond acceptors (Lipinski definition) is 5. The molecule has 0 saturated carbocycles. The molecule has 6 heteroatoms. The second-order valence-corrected chi connectivity index (χ2v) is 7.47. The Hall–Kier alpha value is -1.76. The van der Waals surface area contributed by atoms with Gasteiger partial charge in [-0.05, 0) is 7.05 Å². The number of fused-ring (bicyclic) bond motifs is 3. The number of nitrogens with zero attached hydrogens (tertiary/aromatic N) is 3. The van der Waals surface area contributed by atoms with Crippen molar-refractivity contribution in [1.29, 1.82) is 0 Å². The van der Waals surface area contributed by atoms with Crippen molar-refractivity contribution >= 4 is 17.2 Å². The number of benzene rings is 1. The van der Waals surface area contributed by atoms with Gasteiger partial charge in [0.2, 0.25) is 0 Å². The molecule has 0 unspecified atom stereocenters. The summed E-state index contributed by atoms with van der Waals surface area (Å²) in [5.74, 6) is 0.416. The molecule has 2 aliphatic rings. The Kier molecular flexibility index (Phi) is 4.35. The van der Waals surface area contributed by atoms with Gasteiger partial charge in [0.1, 0.15) is 10.7 Å². The average Bonchev–Trinajstić information content (AvgIpc) is 2.94. The third-order valence-electron chi connectivity index (χ3n) is 4.77. The molecule has 1 aromatic carbocycles. The summed E-state index contributed by atoms with van der Waals surface area (Å²) in [5, 5.41) is 2.78. The number of thiazole rings is 1. The van der Waals surface area contributed by atoms with Gasteiger partial charge >= 0.3 is 0 Å². The van der Waals surface area contributed by atoms with Crippen LogP contribution in [0.25, 0.3) is 10.6 Å². The Morgan fingerprint density at radius 1 is 1.21 bits per heavy atom. The van der Waals surface area contributed by atoms with E-state index in [0.717, 1.165) is 30.3 Å². The van der Waals surface area contributed by atoms with Crippen LogP contribution in [0.2, 0.25) is 0 Å². The van der Waals surface area contributed by atoms with Gasteiger partial charge in [-0.25, -0.2) is 4.98 Å². The third kappa shape index (κ3) is 3.09. The van der Waals surface area contributed by atoms with Crippen molar-refractivity contribution in [2.75, 3.05) is 39.9 Å². The Balaban J connectivity index is 1.55. The van der Waals surface area contributed by atoms with Crippen LogP contribution in [-0.4, -0.2) is 66.6 Å². The first-order chi connectivity index (χ1) is 11.7. The first kappa shape index (κ1) is 15.7. The van der Waals surface area contributed by atoms with Crippen molar-refractivity contribution in [3.05, 3.63) is 41.4 Å². The van der Waals surface area contributed by atoms with E-state index in [1.807, 2.05) is 40.6 Å². The molecule has 126 valence electrons. The minimum Gasteiger partial charge on any atom is -0.379 e. The van der Waals surface area contributed by atoms with Crippen molar-refractivity contribution in [3.63, 3.8) is 0 Å². The molecular formula is C18H21N3O2S. The second-order valence-electron chi connectivity index (χ2n) is 6.61. The highest BCUT2D eigenvalue weighted by Crippen LogP contribution is 2.25. The normalized spacial score (nSPS) is 24.6. The molecule has 2 atom stereocenters. The summed E-state index contributed by atoms with van der Waals surface area (Å²) in [6.45, 7) is 3.88. The van der Waals surface area contributed by atoms with E-state index >= 15 is 0 Å². The average molecular weight is 343 g/mol. The molecule has 0 aliphatic carbocycles. The fourth-order valence-electron chi connectivity index (χ4n) is 3.46. The molecule has 0 radical (unpaired) electrons. The molecule has 1 amide bonds. The lowest BCUT2D eigenvalue weighted by Gasteiger charge is -2.29. The Morgan fingerprint density at radius 2 is 2.04 bits per heavy atom. The summed E-state index contributed by atoms with van der Waals surface area (Å²) in [6.07, 6.45) is 0. The summed E-state index contributed by atoms with van der Waals surface area (Å²) >= 11 is 1.53. The van der Waals surface area contributed by atoms with Crippen LogP contribution in [-0.2, 0) is 4.74 Å². The maximum Gasteiger partial charge on any atom is 0.273 e. The number of carbonyl (C=O) groups excluding carboxylic acids is 1. The van der Waals surface area contributed by atoms with Crippen LogP contribution in [0.5, 0.6) is 0 Å². The standard InChI is InChI=1S/C18H21N3O2S/c1-20-7-13-8-21(9-15(20)11-23-10-13)18(22)16-12-24-17(19-16)14-5-3-2-4-6-14/h2-6,12-13,15H,7-11H2,1H3/t13-,15+/m1/s1. The Labute approximate surface area is 145 Å². The molecule has 3 heterocycles. The fraction of sp³-hybridized carbons (Fsp3) is 0.444. The summed E-state index contributed by atoms with van der Waals surface area (Å²) < 4.78 is 5.73. The monoisotopic (exact) mass is 343 g/mol. The van der Waals surface area contributed by atoms with Crippen LogP contribution in [0.4, 0.5) is 0 Å². The highest BCUT2D eigenvalue weighted by Gasteiger charge is 2.34. The maximum atomic E-state index is 12.9. The number of rotatable bonds is 2. The molecule has 2 fully saturated rings. The van der Waals surface area contributed by atoms with E-state index in [-0.39, 0.29) is 11.9 Å². The summed E-state index contributed by atoms with van der Waals surface area (Å²) in [6, 6.07) is 10.3. The first-order valence-corrected chi connectivity index (χ1v) is 9.17. The molecule has 0 N–H and O–H groups in total. The summed E-state index contributed by atoms with van der Waals surface area (Å²) in [5.41, 5.74) is 1.62. The van der Waals surface area contributed by atoms with Crippen molar-refractivity contribution in [2.24, 2.45) is 5.92 Å². The van der Waals surface area contributed by atoms with E-state index < -0.39 is 0 Å². The van der Waals surface area contributed by atoms with Gasteiger partial charge in [0.15, 0.2) is 0 Å². The van der Waals surface area contributed by atoms with Crippen LogP contribution in [0.1, 0.15) is 10.5 Å². The lowest BCUT2D eigenvalue weighted by Crippen LogP contribution is -2.44. The van der Waals surface area contributed by atoms with Gasteiger partial charge in [-0.2, -0.15) is 0 Å². The number of carbonyl (C=O) groups is 1. The zero-order valence-corrected chi connectivity index (χ0v) is 14.5. The predicted molar refractivity (Wildman–Crippen MR) is 94.2 cm³/mol. The largest absolute Gasteiger partial charge is 0.379 e. The highest BCUT2D eigenvalue weighted by molar-refractivity contribution is 7.13. The minimum absolute atomic E-state index is 0.0423. The topological polar surface area (TPSA) is 45.7 Å². The van der Waals surface area contributed by atoms with Gasteiger partial charge in [0, 0.05) is 36.5 Å². The summed E-state index contributed by atoms with van der Waals surface area (Å²) in [4.78, 5) is 21.8. The molecule has 5 nitrogen and oxygen atoms in total. The van der Waals surface area contributed by atoms with Crippen molar-refractivity contribution in [1.82, 2.24) is 14.8 Å². The van der Waals surface area contributed by atoms with Crippen LogP contribution >= 0.6 is 11.3 Å². The number of ether oxygens (including phenoxy) is 1. The maximum absolute atomic E-state index is 12.9. The van der Waals surface area contributed by atoms with Crippen LogP contribution in [0.3, 0.4) is 0 Å². The molecule has 4 rings (SSSR count). The fourth-order valence-corrected chi connectivity index (χ4v) is 4.26. The number of hydrogen-bond donors (Lipinski definition) is 0. The van der Waals surface area contributed by atoms with Gasteiger partial charge in [0.25, 0.3) is 5.91 Å². The quantitative estimate of drug-likeness (QED) is 0.839. The Morgan fingerprint density at radius 3 is 2.88 bits per heavy atom. The molecule has 2 bridgehead atoms. The zero-order chi connectivity index (χ0) is 16.5. The van der Waals surface area contributed by atoms with Crippen molar-refractivity contribution < 1.29 is 9.53 Å². The summed E-state index contributed by atoms with van der Waals surface area (Å²) in [7, 11) is 2.12. The molecule has 0 spiro atoms. The predicted octanol–water partition coefficient (Wildman–Crippen LogP) is 2.21. The third-order valence-corrected chi connectivity index (χ3v) is 5.67. The molecule has 24 heavy (non-hydrogen) atoms. The van der Waals surface area contributed by atoms with Gasteiger partial charge in [-0.15, -0.1) is 11.3 Å². The molecular weight excluding hydrogens is 322 g/mol. The van der Waals surface area contributed by atoms with E-state index in [0.29, 0.717) is 24.8 Å². The van der Waals surface area contributed by atoms with E-state index in [4.69, 9.17) is 4.74 Å². The van der Waals surface area contributed by atoms with Crippen molar-refractivity contribution in [2.45, 2.75) is 6.04 Å². The van der Waals surface area contributed by atoms with Gasteiger partial charge < -0.3 is 9.64 Å². The van der Waals surface area contributed by atoms with Crippen LogP contribution in [0.15, 0.2) is 35.7 Å². The van der Waals surface area contributed by atoms with E-state index in [9.17, 15) is 4.79 Å². The van der Waals surface area contributed by atoms with Crippen molar-refractivity contribution in [3.8, 4) is 10.6 Å². The van der Waals surface area contributed by atoms with Crippen LogP contribution in [0, 0.1) is 5.92 Å². The number of aromatic nitrogens is 1. The van der Waals surface area contributed by atoms with Gasteiger partial charge in [-0.3, -0.25) is 9.69 Å². The highest BCUT2D eigenvalue weighted by atomic mass is 32.1. The number of amides is 1. The van der Waals surface area contributed by atoms with E-state index in [2.05, 4.69) is 16.9 Å². The zero-order valence-electron chi connectivity index (χ0n) is 13.7. The minimum atomic E-state index is 0.0423. The van der Waals surface area contributed by atoms with Crippen LogP contribution < -0.4 is 0 Å². The number of likely N-dealkylation sites (N-methyl/N-ethyl adjacent to an activating group) is 1. The van der Waals surface area contributed by atoms with Gasteiger partial charge in [-0.1, -0.05) is 30.3 Å². The lowest BCUT2D eigenvalue weighted by atomic mass is 10.1. The molecule has 2 saturated heterocycles.